The third kappa shape index (κ3) is 4.99. The van der Waals surface area contributed by atoms with Gasteiger partial charge in [-0.2, -0.15) is 0 Å². The third-order valence-electron chi connectivity index (χ3n) is 3.81. The molecule has 24 heavy (non-hydrogen) atoms. The molecule has 0 spiro atoms. The van der Waals surface area contributed by atoms with Crippen molar-refractivity contribution in [3.8, 4) is 17.2 Å². The van der Waals surface area contributed by atoms with Crippen molar-refractivity contribution in [3.05, 3.63) is 17.7 Å². The van der Waals surface area contributed by atoms with Gasteiger partial charge in [-0.05, 0) is 17.7 Å². The summed E-state index contributed by atoms with van der Waals surface area (Å²) in [6.07, 6.45) is -2.50. The summed E-state index contributed by atoms with van der Waals surface area (Å²) in [6, 6.07) is 2.20. The maximum Gasteiger partial charge on any atom is 0.258 e. The SMILES string of the molecule is COc1cc([C@@H](C(F)F)N2CCNCC2)cc(OC)c1OC.Cl.Cl. The molecule has 5 nitrogen and oxygen atoms in total. The van der Waals surface area contributed by atoms with Crippen molar-refractivity contribution in [1.29, 1.82) is 0 Å². The van der Waals surface area contributed by atoms with Crippen LogP contribution in [0.5, 0.6) is 17.2 Å². The van der Waals surface area contributed by atoms with Crippen LogP contribution in [0.25, 0.3) is 0 Å². The highest BCUT2D eigenvalue weighted by molar-refractivity contribution is 5.85. The van der Waals surface area contributed by atoms with Gasteiger partial charge in [-0.1, -0.05) is 0 Å². The van der Waals surface area contributed by atoms with E-state index in [0.29, 0.717) is 49.0 Å². The third-order valence-corrected chi connectivity index (χ3v) is 3.81. The number of methoxy groups -OCH3 is 3. The Kier molecular flexibility index (Phi) is 10.3. The molecule has 1 saturated heterocycles. The van der Waals surface area contributed by atoms with E-state index in [2.05, 4.69) is 5.32 Å². The number of rotatable bonds is 6. The normalized spacial score (nSPS) is 15.9. The lowest BCUT2D eigenvalue weighted by Crippen LogP contribution is -2.46. The molecule has 1 fully saturated rings. The van der Waals surface area contributed by atoms with Crippen LogP contribution in [0.3, 0.4) is 0 Å². The second-order valence-corrected chi connectivity index (χ2v) is 5.02. The van der Waals surface area contributed by atoms with E-state index < -0.39 is 12.5 Å². The van der Waals surface area contributed by atoms with Gasteiger partial charge in [-0.15, -0.1) is 24.8 Å². The van der Waals surface area contributed by atoms with Crippen molar-refractivity contribution in [2.24, 2.45) is 0 Å². The average Bonchev–Trinajstić information content (AvgIpc) is 2.54. The molecule has 1 aromatic carbocycles. The largest absolute Gasteiger partial charge is 0.493 e. The first-order valence-corrected chi connectivity index (χ1v) is 7.15. The van der Waals surface area contributed by atoms with Gasteiger partial charge in [-0.25, -0.2) is 8.78 Å². The Balaban J connectivity index is 0.00000264. The molecule has 1 aromatic rings. The van der Waals surface area contributed by atoms with E-state index in [1.54, 1.807) is 17.0 Å². The number of nitrogens with zero attached hydrogens (tertiary/aromatic N) is 1. The van der Waals surface area contributed by atoms with Crippen LogP contribution in [-0.2, 0) is 0 Å². The highest BCUT2D eigenvalue weighted by Gasteiger charge is 2.31. The van der Waals surface area contributed by atoms with E-state index in [1.165, 1.54) is 21.3 Å². The van der Waals surface area contributed by atoms with Crippen LogP contribution in [0.15, 0.2) is 12.1 Å². The minimum Gasteiger partial charge on any atom is -0.493 e. The molecule has 0 aromatic heterocycles. The molecular weight excluding hydrogens is 365 g/mol. The quantitative estimate of drug-likeness (QED) is 0.811. The molecule has 1 aliphatic rings. The van der Waals surface area contributed by atoms with Crippen molar-refractivity contribution in [1.82, 2.24) is 10.2 Å². The smallest absolute Gasteiger partial charge is 0.258 e. The first kappa shape index (κ1) is 23.0. The summed E-state index contributed by atoms with van der Waals surface area (Å²) < 4.78 is 43.0. The van der Waals surface area contributed by atoms with Gasteiger partial charge in [0.15, 0.2) is 11.5 Å². The number of ether oxygens (including phenoxy) is 3. The Morgan fingerprint density at radius 1 is 0.958 bits per heavy atom. The summed E-state index contributed by atoms with van der Waals surface area (Å²) >= 11 is 0. The van der Waals surface area contributed by atoms with Crippen LogP contribution in [0.2, 0.25) is 0 Å². The molecule has 2 rings (SSSR count). The molecule has 0 radical (unpaired) electrons. The van der Waals surface area contributed by atoms with Crippen LogP contribution >= 0.6 is 24.8 Å². The Labute approximate surface area is 153 Å². The first-order valence-electron chi connectivity index (χ1n) is 7.15. The topological polar surface area (TPSA) is 43.0 Å². The summed E-state index contributed by atoms with van der Waals surface area (Å²) in [5.74, 6) is 1.18. The fourth-order valence-corrected chi connectivity index (χ4v) is 2.75. The van der Waals surface area contributed by atoms with Crippen LogP contribution < -0.4 is 19.5 Å². The molecule has 0 amide bonds. The van der Waals surface area contributed by atoms with E-state index in [0.717, 1.165) is 0 Å². The van der Waals surface area contributed by atoms with Crippen LogP contribution in [0.1, 0.15) is 11.6 Å². The number of hydrogen-bond donors (Lipinski definition) is 1. The molecule has 0 aliphatic carbocycles. The highest BCUT2D eigenvalue weighted by atomic mass is 35.5. The van der Waals surface area contributed by atoms with Gasteiger partial charge in [0.2, 0.25) is 5.75 Å². The zero-order chi connectivity index (χ0) is 16.1. The lowest BCUT2D eigenvalue weighted by atomic mass is 10.0. The monoisotopic (exact) mass is 388 g/mol. The van der Waals surface area contributed by atoms with E-state index in [4.69, 9.17) is 14.2 Å². The fraction of sp³-hybridized carbons (Fsp3) is 0.600. The molecule has 1 heterocycles. The van der Waals surface area contributed by atoms with Crippen molar-refractivity contribution in [3.63, 3.8) is 0 Å². The maximum absolute atomic E-state index is 13.6. The lowest BCUT2D eigenvalue weighted by Gasteiger charge is -2.35. The van der Waals surface area contributed by atoms with Crippen LogP contribution in [-0.4, -0.2) is 58.8 Å². The van der Waals surface area contributed by atoms with Gasteiger partial charge in [0.25, 0.3) is 6.43 Å². The predicted molar refractivity (Wildman–Crippen MR) is 93.8 cm³/mol. The second kappa shape index (κ2) is 10.8. The Bertz CT molecular complexity index is 479. The van der Waals surface area contributed by atoms with E-state index in [9.17, 15) is 8.78 Å². The van der Waals surface area contributed by atoms with Gasteiger partial charge in [0.05, 0.1) is 27.4 Å². The van der Waals surface area contributed by atoms with E-state index in [-0.39, 0.29) is 24.8 Å². The fourth-order valence-electron chi connectivity index (χ4n) is 2.75. The number of piperazine rings is 1. The van der Waals surface area contributed by atoms with Gasteiger partial charge < -0.3 is 19.5 Å². The number of halogens is 4. The number of nitrogens with one attached hydrogen (secondary N) is 1. The lowest BCUT2D eigenvalue weighted by molar-refractivity contribution is 0.0180. The molecule has 0 bridgehead atoms. The maximum atomic E-state index is 13.6. The van der Waals surface area contributed by atoms with Gasteiger partial charge >= 0.3 is 0 Å². The van der Waals surface area contributed by atoms with E-state index in [1.807, 2.05) is 0 Å². The molecular formula is C15H24Cl2F2N2O3. The Morgan fingerprint density at radius 2 is 1.46 bits per heavy atom. The molecule has 1 N–H and O–H groups in total. The summed E-state index contributed by atoms with van der Waals surface area (Å²) in [4.78, 5) is 1.78. The van der Waals surface area contributed by atoms with Crippen LogP contribution in [0, 0.1) is 0 Å². The predicted octanol–water partition coefficient (Wildman–Crippen LogP) is 2.77. The average molecular weight is 389 g/mol. The number of hydrogen-bond acceptors (Lipinski definition) is 5. The van der Waals surface area contributed by atoms with Crippen molar-refractivity contribution < 1.29 is 23.0 Å². The minimum atomic E-state index is -2.50. The summed E-state index contributed by atoms with van der Waals surface area (Å²) in [6.45, 7) is 2.55. The zero-order valence-electron chi connectivity index (χ0n) is 13.9. The number of benzene rings is 1. The second-order valence-electron chi connectivity index (χ2n) is 5.02. The standard InChI is InChI=1S/C15H22F2N2O3.2ClH/c1-20-11-8-10(9-12(21-2)14(11)22-3)13(15(16)17)19-6-4-18-5-7-19;;/h8-9,13,15,18H,4-7H2,1-3H3;2*1H/t13-;;/m0../s1. The van der Waals surface area contributed by atoms with Crippen molar-refractivity contribution in [2.75, 3.05) is 47.5 Å². The minimum absolute atomic E-state index is 0. The summed E-state index contributed by atoms with van der Waals surface area (Å²) in [7, 11) is 4.44. The molecule has 140 valence electrons. The van der Waals surface area contributed by atoms with Crippen LogP contribution in [0.4, 0.5) is 8.78 Å². The van der Waals surface area contributed by atoms with Gasteiger partial charge in [0.1, 0.15) is 0 Å². The van der Waals surface area contributed by atoms with Crippen molar-refractivity contribution in [2.45, 2.75) is 12.5 Å². The molecule has 0 saturated carbocycles. The molecule has 9 heteroatoms. The highest BCUT2D eigenvalue weighted by Crippen LogP contribution is 2.41. The summed E-state index contributed by atoms with van der Waals surface area (Å²) in [5, 5.41) is 3.17. The van der Waals surface area contributed by atoms with Gasteiger partial charge in [-0.3, -0.25) is 4.90 Å². The molecule has 1 atom stereocenters. The number of alkyl halides is 2. The van der Waals surface area contributed by atoms with E-state index >= 15 is 0 Å². The Morgan fingerprint density at radius 3 is 1.83 bits per heavy atom. The zero-order valence-corrected chi connectivity index (χ0v) is 15.5. The summed E-state index contributed by atoms with van der Waals surface area (Å²) in [5.41, 5.74) is 0.464. The molecule has 0 unspecified atom stereocenters. The van der Waals surface area contributed by atoms with Gasteiger partial charge in [0, 0.05) is 26.2 Å². The first-order chi connectivity index (χ1) is 10.6. The molecule has 1 aliphatic heterocycles. The van der Waals surface area contributed by atoms with Crippen molar-refractivity contribution >= 4 is 24.8 Å². The Hall–Kier alpha value is -1.02.